The first-order valence-electron chi connectivity index (χ1n) is 11.1. The van der Waals surface area contributed by atoms with Gasteiger partial charge in [-0.2, -0.15) is 0 Å². The molecule has 4 heteroatoms. The summed E-state index contributed by atoms with van der Waals surface area (Å²) >= 11 is 0. The zero-order valence-electron chi connectivity index (χ0n) is 18.5. The van der Waals surface area contributed by atoms with E-state index in [1.165, 1.54) is 24.8 Å². The van der Waals surface area contributed by atoms with E-state index in [4.69, 9.17) is 0 Å². The molecule has 0 unspecified atom stereocenters. The Morgan fingerprint density at radius 2 is 1.67 bits per heavy atom. The Kier molecular flexibility index (Phi) is 7.67. The van der Waals surface area contributed by atoms with Gasteiger partial charge in [0.25, 0.3) is 0 Å². The minimum Gasteiger partial charge on any atom is -0.352 e. The monoisotopic (exact) mass is 406 g/mol. The van der Waals surface area contributed by atoms with Gasteiger partial charge in [-0.25, -0.2) is 0 Å². The van der Waals surface area contributed by atoms with E-state index in [1.807, 2.05) is 63.2 Å². The molecule has 2 amide bonds. The number of aryl methyl sites for hydroxylation is 2. The van der Waals surface area contributed by atoms with E-state index >= 15 is 0 Å². The lowest BCUT2D eigenvalue weighted by atomic mass is 9.95. The average Bonchev–Trinajstić information content (AvgIpc) is 2.74. The van der Waals surface area contributed by atoms with Gasteiger partial charge in [-0.1, -0.05) is 78.9 Å². The van der Waals surface area contributed by atoms with Crippen LogP contribution in [0.2, 0.25) is 0 Å². The van der Waals surface area contributed by atoms with E-state index in [2.05, 4.69) is 11.4 Å². The van der Waals surface area contributed by atoms with E-state index in [9.17, 15) is 9.59 Å². The average molecular weight is 407 g/mol. The number of rotatable bonds is 7. The molecule has 1 fully saturated rings. The molecule has 3 rings (SSSR count). The molecule has 0 heterocycles. The number of hydrogen-bond acceptors (Lipinski definition) is 2. The predicted octanol–water partition coefficient (Wildman–Crippen LogP) is 4.71. The second-order valence-electron chi connectivity index (χ2n) is 8.69. The van der Waals surface area contributed by atoms with Crippen LogP contribution in [0.3, 0.4) is 0 Å². The van der Waals surface area contributed by atoms with E-state index in [-0.39, 0.29) is 17.9 Å². The van der Waals surface area contributed by atoms with E-state index in [1.54, 1.807) is 4.90 Å². The smallest absolute Gasteiger partial charge is 0.242 e. The van der Waals surface area contributed by atoms with Crippen LogP contribution in [-0.2, 0) is 22.6 Å². The van der Waals surface area contributed by atoms with Crippen molar-refractivity contribution in [1.29, 1.82) is 0 Å². The highest BCUT2D eigenvalue weighted by Gasteiger charge is 2.28. The first-order valence-corrected chi connectivity index (χ1v) is 11.1. The summed E-state index contributed by atoms with van der Waals surface area (Å²) in [5, 5.41) is 3.19. The van der Waals surface area contributed by atoms with E-state index < -0.39 is 6.04 Å². The molecule has 4 nitrogen and oxygen atoms in total. The molecule has 0 aromatic heterocycles. The zero-order chi connectivity index (χ0) is 21.5. The zero-order valence-corrected chi connectivity index (χ0v) is 18.5. The van der Waals surface area contributed by atoms with Crippen LogP contribution >= 0.6 is 0 Å². The number of hydrogen-bond donors (Lipinski definition) is 1. The number of benzene rings is 2. The van der Waals surface area contributed by atoms with Crippen molar-refractivity contribution in [2.75, 3.05) is 0 Å². The van der Waals surface area contributed by atoms with Crippen LogP contribution in [-0.4, -0.2) is 28.8 Å². The van der Waals surface area contributed by atoms with E-state index in [0.29, 0.717) is 13.0 Å². The lowest BCUT2D eigenvalue weighted by Gasteiger charge is -2.31. The van der Waals surface area contributed by atoms with Crippen LogP contribution in [0.5, 0.6) is 0 Å². The highest BCUT2D eigenvalue weighted by molar-refractivity contribution is 5.88. The standard InChI is InChI=1S/C26H34N2O2/c1-19-12-14-22(15-13-19)17-25(29)28(18-23-9-7-8-20(2)16-23)21(3)26(30)27-24-10-5-4-6-11-24/h7-9,12-16,21,24H,4-6,10-11,17-18H2,1-3H3,(H,27,30)/t21-/m1/s1. The Hall–Kier alpha value is -2.62. The van der Waals surface area contributed by atoms with Gasteiger partial charge in [0.05, 0.1) is 6.42 Å². The lowest BCUT2D eigenvalue weighted by Crippen LogP contribution is -2.50. The number of nitrogens with zero attached hydrogens (tertiary/aromatic N) is 1. The van der Waals surface area contributed by atoms with Crippen molar-refractivity contribution >= 4 is 11.8 Å². The highest BCUT2D eigenvalue weighted by Crippen LogP contribution is 2.19. The molecule has 0 radical (unpaired) electrons. The third-order valence-corrected chi connectivity index (χ3v) is 6.03. The van der Waals surface area contributed by atoms with Crippen molar-refractivity contribution in [2.24, 2.45) is 0 Å². The van der Waals surface area contributed by atoms with Gasteiger partial charge in [-0.3, -0.25) is 9.59 Å². The fraction of sp³-hybridized carbons (Fsp3) is 0.462. The maximum atomic E-state index is 13.3. The van der Waals surface area contributed by atoms with Crippen molar-refractivity contribution < 1.29 is 9.59 Å². The third kappa shape index (κ3) is 6.19. The van der Waals surface area contributed by atoms with Gasteiger partial charge in [0.1, 0.15) is 6.04 Å². The Morgan fingerprint density at radius 1 is 0.967 bits per heavy atom. The summed E-state index contributed by atoms with van der Waals surface area (Å²) in [4.78, 5) is 28.0. The number of nitrogens with one attached hydrogen (secondary N) is 1. The molecule has 0 bridgehead atoms. The van der Waals surface area contributed by atoms with Gasteiger partial charge in [-0.05, 0) is 44.7 Å². The molecule has 0 saturated heterocycles. The normalized spacial score (nSPS) is 15.4. The number of carbonyl (C=O) groups is 2. The molecule has 0 spiro atoms. The maximum Gasteiger partial charge on any atom is 0.242 e. The molecule has 30 heavy (non-hydrogen) atoms. The van der Waals surface area contributed by atoms with Crippen LogP contribution < -0.4 is 5.32 Å². The largest absolute Gasteiger partial charge is 0.352 e. The van der Waals surface area contributed by atoms with Gasteiger partial charge in [-0.15, -0.1) is 0 Å². The molecule has 1 saturated carbocycles. The van der Waals surface area contributed by atoms with Crippen LogP contribution in [0.25, 0.3) is 0 Å². The summed E-state index contributed by atoms with van der Waals surface area (Å²) in [6, 6.07) is 15.9. The van der Waals surface area contributed by atoms with Gasteiger partial charge < -0.3 is 10.2 Å². The summed E-state index contributed by atoms with van der Waals surface area (Å²) in [6.07, 6.45) is 5.95. The Morgan fingerprint density at radius 3 is 2.33 bits per heavy atom. The maximum absolute atomic E-state index is 13.3. The van der Waals surface area contributed by atoms with Crippen molar-refractivity contribution in [3.05, 3.63) is 70.8 Å². The molecular weight excluding hydrogens is 372 g/mol. The molecule has 2 aromatic carbocycles. The van der Waals surface area contributed by atoms with Gasteiger partial charge >= 0.3 is 0 Å². The molecule has 2 aromatic rings. The molecular formula is C26H34N2O2. The topological polar surface area (TPSA) is 49.4 Å². The van der Waals surface area contributed by atoms with Gasteiger partial charge in [0, 0.05) is 12.6 Å². The molecule has 1 aliphatic rings. The molecule has 0 aliphatic heterocycles. The Bertz CT molecular complexity index is 854. The number of carbonyl (C=O) groups excluding carboxylic acids is 2. The second-order valence-corrected chi connectivity index (χ2v) is 8.69. The third-order valence-electron chi connectivity index (χ3n) is 6.03. The summed E-state index contributed by atoms with van der Waals surface area (Å²) < 4.78 is 0. The second kappa shape index (κ2) is 10.4. The summed E-state index contributed by atoms with van der Waals surface area (Å²) in [5.41, 5.74) is 4.34. The van der Waals surface area contributed by atoms with Crippen LogP contribution in [0, 0.1) is 13.8 Å². The van der Waals surface area contributed by atoms with Crippen LogP contribution in [0.1, 0.15) is 61.3 Å². The summed E-state index contributed by atoms with van der Waals surface area (Å²) in [7, 11) is 0. The molecule has 1 aliphatic carbocycles. The van der Waals surface area contributed by atoms with E-state index in [0.717, 1.165) is 29.5 Å². The molecule has 1 atom stereocenters. The van der Waals surface area contributed by atoms with Gasteiger partial charge in [0.15, 0.2) is 0 Å². The fourth-order valence-corrected chi connectivity index (χ4v) is 4.14. The lowest BCUT2D eigenvalue weighted by molar-refractivity contribution is -0.140. The summed E-state index contributed by atoms with van der Waals surface area (Å²) in [6.45, 7) is 6.36. The van der Waals surface area contributed by atoms with Crippen molar-refractivity contribution in [3.63, 3.8) is 0 Å². The number of amides is 2. The molecule has 160 valence electrons. The Labute approximate surface area is 180 Å². The fourth-order valence-electron chi connectivity index (χ4n) is 4.14. The highest BCUT2D eigenvalue weighted by atomic mass is 16.2. The first-order chi connectivity index (χ1) is 14.4. The Balaban J connectivity index is 1.75. The minimum absolute atomic E-state index is 0.0216. The van der Waals surface area contributed by atoms with Gasteiger partial charge in [0.2, 0.25) is 11.8 Å². The van der Waals surface area contributed by atoms with Crippen LogP contribution in [0.15, 0.2) is 48.5 Å². The quantitative estimate of drug-likeness (QED) is 0.724. The first kappa shape index (κ1) is 22.1. The molecule has 1 N–H and O–H groups in total. The summed E-state index contributed by atoms with van der Waals surface area (Å²) in [5.74, 6) is -0.0709. The SMILES string of the molecule is Cc1ccc(CC(=O)N(Cc2cccc(C)c2)[C@H](C)C(=O)NC2CCCCC2)cc1. The van der Waals surface area contributed by atoms with Crippen molar-refractivity contribution in [3.8, 4) is 0 Å². The predicted molar refractivity (Wildman–Crippen MR) is 121 cm³/mol. The van der Waals surface area contributed by atoms with Crippen LogP contribution in [0.4, 0.5) is 0 Å². The minimum atomic E-state index is -0.509. The van der Waals surface area contributed by atoms with Crippen molar-refractivity contribution in [1.82, 2.24) is 10.2 Å². The van der Waals surface area contributed by atoms with Crippen molar-refractivity contribution in [2.45, 2.75) is 77.9 Å².